The molecule has 0 bridgehead atoms. The number of aromatic nitrogens is 3. The number of hydrogen-bond donors (Lipinski definition) is 0. The number of aryl methyl sites for hydroxylation is 1. The van der Waals surface area contributed by atoms with Gasteiger partial charge >= 0.3 is 0 Å². The van der Waals surface area contributed by atoms with E-state index in [1.807, 2.05) is 36.4 Å². The van der Waals surface area contributed by atoms with Crippen molar-refractivity contribution < 1.29 is 4.79 Å². The lowest BCUT2D eigenvalue weighted by Crippen LogP contribution is -2.51. The standard InChI is InChI=1S/C16H20N4O/c1-11(2)15-18-7-8-20(15)13-9-19(10-13)16(21)14-5-4-6-17-12(14)3/h4-8,11,13H,9-10H2,1-3H3. The van der Waals surface area contributed by atoms with Gasteiger partial charge in [-0.05, 0) is 19.1 Å². The average Bonchev–Trinajstić information content (AvgIpc) is 2.86. The summed E-state index contributed by atoms with van der Waals surface area (Å²) < 4.78 is 2.20. The second-order valence-corrected chi connectivity index (χ2v) is 5.85. The van der Waals surface area contributed by atoms with Crippen LogP contribution in [0.2, 0.25) is 0 Å². The number of amides is 1. The van der Waals surface area contributed by atoms with Crippen LogP contribution in [0.1, 0.15) is 47.7 Å². The van der Waals surface area contributed by atoms with E-state index in [9.17, 15) is 4.79 Å². The predicted octanol–water partition coefficient (Wildman–Crippen LogP) is 2.41. The summed E-state index contributed by atoms with van der Waals surface area (Å²) in [5.74, 6) is 1.55. The van der Waals surface area contributed by atoms with Gasteiger partial charge in [0, 0.05) is 43.3 Å². The number of carbonyl (C=O) groups is 1. The zero-order valence-corrected chi connectivity index (χ0v) is 12.7. The molecule has 0 spiro atoms. The minimum atomic E-state index is 0.0723. The van der Waals surface area contributed by atoms with Gasteiger partial charge in [-0.3, -0.25) is 9.78 Å². The number of carbonyl (C=O) groups excluding carboxylic acids is 1. The molecule has 5 nitrogen and oxygen atoms in total. The maximum absolute atomic E-state index is 12.4. The Hall–Kier alpha value is -2.17. The molecule has 0 unspecified atom stereocenters. The van der Waals surface area contributed by atoms with Crippen molar-refractivity contribution in [1.82, 2.24) is 19.4 Å². The van der Waals surface area contributed by atoms with E-state index in [1.165, 1.54) is 0 Å². The van der Waals surface area contributed by atoms with Crippen LogP contribution >= 0.6 is 0 Å². The van der Waals surface area contributed by atoms with Crippen LogP contribution in [0.4, 0.5) is 0 Å². The Balaban J connectivity index is 1.70. The van der Waals surface area contributed by atoms with Gasteiger partial charge in [0.25, 0.3) is 5.91 Å². The Morgan fingerprint density at radius 1 is 1.29 bits per heavy atom. The number of imidazole rings is 1. The molecule has 0 atom stereocenters. The van der Waals surface area contributed by atoms with Crippen molar-refractivity contribution in [3.8, 4) is 0 Å². The van der Waals surface area contributed by atoms with E-state index in [4.69, 9.17) is 0 Å². The van der Waals surface area contributed by atoms with E-state index in [1.54, 1.807) is 6.20 Å². The Bertz CT molecular complexity index is 656. The van der Waals surface area contributed by atoms with Gasteiger partial charge in [0.15, 0.2) is 0 Å². The molecule has 1 fully saturated rings. The summed E-state index contributed by atoms with van der Waals surface area (Å²) in [6.07, 6.45) is 5.56. The summed E-state index contributed by atoms with van der Waals surface area (Å²) in [5, 5.41) is 0. The monoisotopic (exact) mass is 284 g/mol. The van der Waals surface area contributed by atoms with Crippen LogP contribution in [0.3, 0.4) is 0 Å². The normalized spacial score (nSPS) is 15.3. The van der Waals surface area contributed by atoms with Gasteiger partial charge in [0.05, 0.1) is 11.6 Å². The van der Waals surface area contributed by atoms with Crippen LogP contribution in [0, 0.1) is 6.92 Å². The van der Waals surface area contributed by atoms with Crippen LogP contribution in [0.25, 0.3) is 0 Å². The van der Waals surface area contributed by atoms with Gasteiger partial charge in [-0.25, -0.2) is 4.98 Å². The van der Waals surface area contributed by atoms with Crippen molar-refractivity contribution in [2.75, 3.05) is 13.1 Å². The summed E-state index contributed by atoms with van der Waals surface area (Å²) in [6.45, 7) is 7.63. The molecule has 0 N–H and O–H groups in total. The highest BCUT2D eigenvalue weighted by atomic mass is 16.2. The molecule has 3 rings (SSSR count). The maximum Gasteiger partial charge on any atom is 0.255 e. The van der Waals surface area contributed by atoms with E-state index >= 15 is 0 Å². The zero-order valence-electron chi connectivity index (χ0n) is 12.7. The molecule has 0 aliphatic carbocycles. The lowest BCUT2D eigenvalue weighted by Gasteiger charge is -2.41. The number of pyridine rings is 1. The minimum absolute atomic E-state index is 0.0723. The van der Waals surface area contributed by atoms with Crippen molar-refractivity contribution in [1.29, 1.82) is 0 Å². The van der Waals surface area contributed by atoms with Crippen LogP contribution in [0.5, 0.6) is 0 Å². The molecule has 0 aromatic carbocycles. The summed E-state index contributed by atoms with van der Waals surface area (Å²) in [6, 6.07) is 3.99. The van der Waals surface area contributed by atoms with Crippen LogP contribution in [0.15, 0.2) is 30.7 Å². The third-order valence-electron chi connectivity index (χ3n) is 4.00. The molecule has 110 valence electrons. The topological polar surface area (TPSA) is 51.0 Å². The van der Waals surface area contributed by atoms with E-state index < -0.39 is 0 Å². The van der Waals surface area contributed by atoms with E-state index in [2.05, 4.69) is 28.4 Å². The van der Waals surface area contributed by atoms with Gasteiger partial charge in [0.2, 0.25) is 0 Å². The second-order valence-electron chi connectivity index (χ2n) is 5.85. The first-order chi connectivity index (χ1) is 10.1. The molecule has 1 aliphatic heterocycles. The Kier molecular flexibility index (Phi) is 3.49. The first-order valence-corrected chi connectivity index (χ1v) is 7.31. The first-order valence-electron chi connectivity index (χ1n) is 7.31. The second kappa shape index (κ2) is 5.31. The molecule has 1 saturated heterocycles. The number of likely N-dealkylation sites (tertiary alicyclic amines) is 1. The Labute approximate surface area is 124 Å². The fraction of sp³-hybridized carbons (Fsp3) is 0.438. The molecular formula is C16H20N4O. The summed E-state index contributed by atoms with van der Waals surface area (Å²) >= 11 is 0. The van der Waals surface area contributed by atoms with Gasteiger partial charge in [0.1, 0.15) is 5.82 Å². The molecule has 2 aromatic heterocycles. The quantitative estimate of drug-likeness (QED) is 0.869. The van der Waals surface area contributed by atoms with Crippen LogP contribution < -0.4 is 0 Å². The highest BCUT2D eigenvalue weighted by Gasteiger charge is 2.34. The van der Waals surface area contributed by atoms with Crippen molar-refractivity contribution in [2.45, 2.75) is 32.7 Å². The smallest absolute Gasteiger partial charge is 0.255 e. The Morgan fingerprint density at radius 2 is 2.05 bits per heavy atom. The first kappa shape index (κ1) is 13.8. The molecule has 21 heavy (non-hydrogen) atoms. The van der Waals surface area contributed by atoms with Crippen molar-refractivity contribution >= 4 is 5.91 Å². The third kappa shape index (κ3) is 2.44. The maximum atomic E-state index is 12.4. The van der Waals surface area contributed by atoms with E-state index in [0.29, 0.717) is 17.5 Å². The average molecular weight is 284 g/mol. The highest BCUT2D eigenvalue weighted by Crippen LogP contribution is 2.27. The predicted molar refractivity (Wildman–Crippen MR) is 80.2 cm³/mol. The summed E-state index contributed by atoms with van der Waals surface area (Å²) in [7, 11) is 0. The molecular weight excluding hydrogens is 264 g/mol. The fourth-order valence-electron chi connectivity index (χ4n) is 2.76. The lowest BCUT2D eigenvalue weighted by molar-refractivity contribution is 0.0514. The SMILES string of the molecule is Cc1ncccc1C(=O)N1CC(n2ccnc2C(C)C)C1. The molecule has 0 radical (unpaired) electrons. The van der Waals surface area contributed by atoms with Gasteiger partial charge in [-0.15, -0.1) is 0 Å². The van der Waals surface area contributed by atoms with Crippen LogP contribution in [-0.2, 0) is 0 Å². The van der Waals surface area contributed by atoms with Crippen molar-refractivity contribution in [3.05, 3.63) is 47.8 Å². The minimum Gasteiger partial charge on any atom is -0.334 e. The molecule has 1 aliphatic rings. The molecule has 2 aromatic rings. The Morgan fingerprint density at radius 3 is 2.71 bits per heavy atom. The van der Waals surface area contributed by atoms with E-state index in [0.717, 1.165) is 24.6 Å². The highest BCUT2D eigenvalue weighted by molar-refractivity contribution is 5.95. The lowest BCUT2D eigenvalue weighted by atomic mass is 10.0. The third-order valence-corrected chi connectivity index (χ3v) is 4.00. The summed E-state index contributed by atoms with van der Waals surface area (Å²) in [4.78, 5) is 22.9. The van der Waals surface area contributed by atoms with Gasteiger partial charge in [-0.1, -0.05) is 13.8 Å². The molecule has 1 amide bonds. The zero-order chi connectivity index (χ0) is 15.0. The van der Waals surface area contributed by atoms with Crippen molar-refractivity contribution in [3.63, 3.8) is 0 Å². The van der Waals surface area contributed by atoms with Crippen LogP contribution in [-0.4, -0.2) is 38.4 Å². The molecule has 3 heterocycles. The number of hydrogen-bond acceptors (Lipinski definition) is 3. The van der Waals surface area contributed by atoms with E-state index in [-0.39, 0.29) is 5.91 Å². The van der Waals surface area contributed by atoms with Crippen molar-refractivity contribution in [2.24, 2.45) is 0 Å². The summed E-state index contributed by atoms with van der Waals surface area (Å²) in [5.41, 5.74) is 1.49. The largest absolute Gasteiger partial charge is 0.334 e. The molecule has 5 heteroatoms. The van der Waals surface area contributed by atoms with Gasteiger partial charge in [-0.2, -0.15) is 0 Å². The number of nitrogens with zero attached hydrogens (tertiary/aromatic N) is 4. The molecule has 0 saturated carbocycles. The van der Waals surface area contributed by atoms with Gasteiger partial charge < -0.3 is 9.47 Å². The number of rotatable bonds is 3. The fourth-order valence-corrected chi connectivity index (χ4v) is 2.76.